The van der Waals surface area contributed by atoms with Crippen molar-refractivity contribution in [3.63, 3.8) is 0 Å². The average molecular weight is 684 g/mol. The van der Waals surface area contributed by atoms with E-state index in [1.165, 1.54) is 49.7 Å². The van der Waals surface area contributed by atoms with Crippen LogP contribution in [0, 0.1) is 6.07 Å². The number of fused-ring (bicyclic) bond motifs is 4. The topological polar surface area (TPSA) is 0 Å². The van der Waals surface area contributed by atoms with Gasteiger partial charge in [-0.1, -0.05) is 101 Å². The van der Waals surface area contributed by atoms with Crippen molar-refractivity contribution in [2.75, 3.05) is 0 Å². The first-order chi connectivity index (χ1) is 18.1. The van der Waals surface area contributed by atoms with Crippen LogP contribution in [-0.2, 0) is 33.7 Å². The summed E-state index contributed by atoms with van der Waals surface area (Å²) in [6.07, 6.45) is 2.14. The van der Waals surface area contributed by atoms with E-state index in [1.807, 2.05) is 6.07 Å². The fraction of sp³-hybridized carbons (Fsp3) is 0.156. The van der Waals surface area contributed by atoms with Gasteiger partial charge in [-0.05, 0) is 24.5 Å². The Labute approximate surface area is 251 Å². The summed E-state index contributed by atoms with van der Waals surface area (Å²) in [5.41, 5.74) is 9.48. The summed E-state index contributed by atoms with van der Waals surface area (Å²) < 4.78 is 1.15. The van der Waals surface area contributed by atoms with Crippen LogP contribution in [0.3, 0.4) is 0 Å². The van der Waals surface area contributed by atoms with Crippen molar-refractivity contribution in [1.29, 1.82) is 0 Å². The van der Waals surface area contributed by atoms with E-state index in [-0.39, 0.29) is 0 Å². The van der Waals surface area contributed by atoms with Crippen molar-refractivity contribution < 1.29 is 20.8 Å². The first-order valence-corrected chi connectivity index (χ1v) is 21.3. The number of rotatable bonds is 2. The maximum Gasteiger partial charge on any atom is -0.0253 e. The van der Waals surface area contributed by atoms with Gasteiger partial charge in [-0.25, -0.2) is 0 Å². The van der Waals surface area contributed by atoms with Crippen LogP contribution >= 0.6 is 33.0 Å². The largest absolute Gasteiger partial charge is 0.179 e. The second kappa shape index (κ2) is 15.9. The molecule has 1 aliphatic rings. The van der Waals surface area contributed by atoms with Crippen molar-refractivity contribution in [3.05, 3.63) is 124 Å². The minimum atomic E-state index is -0.826. The molecule has 0 atom stereocenters. The van der Waals surface area contributed by atoms with E-state index in [1.54, 1.807) is 0 Å². The molecule has 37 heavy (non-hydrogen) atoms. The minimum Gasteiger partial charge on any atom is -0.179 e. The molecule has 5 aromatic carbocycles. The van der Waals surface area contributed by atoms with Gasteiger partial charge >= 0.3 is 37.9 Å². The molecule has 0 saturated carbocycles. The Morgan fingerprint density at radius 1 is 0.865 bits per heavy atom. The van der Waals surface area contributed by atoms with Crippen LogP contribution in [-0.4, -0.2) is 9.52 Å². The van der Waals surface area contributed by atoms with Crippen molar-refractivity contribution in [3.8, 4) is 22.3 Å². The predicted octanol–water partition coefficient (Wildman–Crippen LogP) is 10.8. The number of halogens is 3. The van der Waals surface area contributed by atoms with Gasteiger partial charge in [0.05, 0.1) is 0 Å². The number of hydrogen-bond donors (Lipinski definition) is 0. The first-order valence-electron chi connectivity index (χ1n) is 12.1. The summed E-state index contributed by atoms with van der Waals surface area (Å²) in [5.74, 6) is 0. The summed E-state index contributed by atoms with van der Waals surface area (Å²) in [6, 6.07) is 37.6. The molecule has 0 amide bonds. The summed E-state index contributed by atoms with van der Waals surface area (Å²) in [7, 11) is 11.0. The fourth-order valence-corrected chi connectivity index (χ4v) is 4.91. The summed E-state index contributed by atoms with van der Waals surface area (Å²) in [5, 5.41) is 2.68. The van der Waals surface area contributed by atoms with Gasteiger partial charge in [0.25, 0.3) is 0 Å². The van der Waals surface area contributed by atoms with Crippen LogP contribution in [0.5, 0.6) is 0 Å². The summed E-state index contributed by atoms with van der Waals surface area (Å²) >= 11 is 2.82. The molecule has 0 fully saturated rings. The van der Waals surface area contributed by atoms with Gasteiger partial charge in [-0.3, -0.25) is 0 Å². The molecular weight excluding hydrogens is 654 g/mol. The zero-order valence-corrected chi connectivity index (χ0v) is 27.8. The molecule has 0 aromatic heterocycles. The molecule has 0 aliphatic heterocycles. The molecule has 0 N–H and O–H groups in total. The van der Waals surface area contributed by atoms with Crippen LogP contribution in [0.25, 0.3) is 33.0 Å². The third-order valence-electron chi connectivity index (χ3n) is 6.00. The van der Waals surface area contributed by atoms with Crippen LogP contribution < -0.4 is 0 Å². The van der Waals surface area contributed by atoms with Crippen molar-refractivity contribution in [2.24, 2.45) is 0 Å². The Morgan fingerprint density at radius 2 is 1.49 bits per heavy atom. The quantitative estimate of drug-likeness (QED) is 0.126. The fourth-order valence-electron chi connectivity index (χ4n) is 4.41. The van der Waals surface area contributed by atoms with Crippen molar-refractivity contribution in [2.45, 2.75) is 32.9 Å². The van der Waals surface area contributed by atoms with Gasteiger partial charge in [0, 0.05) is 14.0 Å². The normalized spacial score (nSPS) is 10.4. The molecule has 0 spiro atoms. The third-order valence-corrected chi connectivity index (χ3v) is 6.69. The maximum atomic E-state index is 4.93. The standard InChI is InChI=1S/C17H14Br.C13H9.C2H6Si.2ClH.Zr/c1-2-12-10-13-6-5-8-14(16(13)11-12)15-7-3-4-9-17(15)18;1-3-7-12-10(5-1)9-11-6-2-4-8-13(11)12;1-3-2;;;/h3-11H,2H2,1H3;1-5,7-8H,9H2;1-2H3;2*1H;/q2*-1;;;;+4/p-2. The Morgan fingerprint density at radius 3 is 2.19 bits per heavy atom. The molecule has 0 bridgehead atoms. The maximum absolute atomic E-state index is 4.93. The van der Waals surface area contributed by atoms with Gasteiger partial charge in [0.2, 0.25) is 0 Å². The van der Waals surface area contributed by atoms with E-state index in [0.29, 0.717) is 0 Å². The molecule has 0 saturated heterocycles. The number of aryl methyl sites for hydroxylation is 1. The predicted molar refractivity (Wildman–Crippen MR) is 165 cm³/mol. The second-order valence-electron chi connectivity index (χ2n) is 8.47. The average Bonchev–Trinajstić information content (AvgIpc) is 3.52. The van der Waals surface area contributed by atoms with Gasteiger partial charge < -0.3 is 0 Å². The molecular formula is C32H29BrCl2SiZr. The molecule has 5 heteroatoms. The van der Waals surface area contributed by atoms with Crippen LogP contribution in [0.4, 0.5) is 0 Å². The van der Waals surface area contributed by atoms with Crippen LogP contribution in [0.1, 0.15) is 23.6 Å². The van der Waals surface area contributed by atoms with Crippen LogP contribution in [0.2, 0.25) is 13.1 Å². The van der Waals surface area contributed by atoms with Crippen molar-refractivity contribution >= 4 is 53.2 Å². The molecule has 0 nitrogen and oxygen atoms in total. The van der Waals surface area contributed by atoms with Crippen molar-refractivity contribution in [1.82, 2.24) is 0 Å². The zero-order chi connectivity index (χ0) is 26.6. The van der Waals surface area contributed by atoms with Crippen LogP contribution in [0.15, 0.2) is 102 Å². The Kier molecular flexibility index (Phi) is 13.0. The minimum absolute atomic E-state index is 0.826. The van der Waals surface area contributed by atoms with E-state index in [4.69, 9.17) is 17.0 Å². The van der Waals surface area contributed by atoms with Gasteiger partial charge in [0.15, 0.2) is 0 Å². The Bertz CT molecular complexity index is 1370. The second-order valence-corrected chi connectivity index (χ2v) is 14.1. The van der Waals surface area contributed by atoms with Gasteiger partial charge in [-0.15, -0.1) is 40.1 Å². The molecule has 6 rings (SSSR count). The number of hydrogen-bond acceptors (Lipinski definition) is 0. The van der Waals surface area contributed by atoms with E-state index >= 15 is 0 Å². The van der Waals surface area contributed by atoms with E-state index in [2.05, 4.69) is 133 Å². The third kappa shape index (κ3) is 8.07. The summed E-state index contributed by atoms with van der Waals surface area (Å²) in [4.78, 5) is 0. The SMILES string of the molecule is CCc1cc2c(-c3ccccc3Br)cccc2[cH-]1.C[Si]C.[Cl][Zr+2][Cl].[c-]1cccc2c1Cc1ccccc1-2. The molecule has 5 aromatic rings. The summed E-state index contributed by atoms with van der Waals surface area (Å²) in [6.45, 7) is 6.51. The molecule has 1 aliphatic carbocycles. The smallest absolute Gasteiger partial charge is 0.0253 e. The Hall–Kier alpha value is -1.35. The van der Waals surface area contributed by atoms with E-state index in [0.717, 1.165) is 26.8 Å². The van der Waals surface area contributed by atoms with Gasteiger partial charge in [0.1, 0.15) is 0 Å². The van der Waals surface area contributed by atoms with E-state index < -0.39 is 20.8 Å². The van der Waals surface area contributed by atoms with Gasteiger partial charge in [-0.2, -0.15) is 35.9 Å². The first kappa shape index (κ1) is 30.2. The number of benzene rings is 4. The van der Waals surface area contributed by atoms with E-state index in [9.17, 15) is 0 Å². The molecule has 0 heterocycles. The zero-order valence-electron chi connectivity index (χ0n) is 21.3. The molecule has 186 valence electrons. The monoisotopic (exact) mass is 680 g/mol. The molecule has 0 unspecified atom stereocenters. The molecule has 2 radical (unpaired) electrons. The Balaban J connectivity index is 0.000000175.